The van der Waals surface area contributed by atoms with Crippen molar-refractivity contribution in [2.75, 3.05) is 59.5 Å². The summed E-state index contributed by atoms with van der Waals surface area (Å²) in [5.41, 5.74) is 2.65. The van der Waals surface area contributed by atoms with Crippen molar-refractivity contribution < 1.29 is 34.5 Å². The fourth-order valence-corrected chi connectivity index (χ4v) is 10.9. The van der Waals surface area contributed by atoms with Crippen LogP contribution in [0.3, 0.4) is 0 Å². The lowest BCUT2D eigenvalue weighted by Gasteiger charge is -2.62. The fraction of sp³-hybridized carbons (Fsp3) is 0.574. The van der Waals surface area contributed by atoms with Crippen LogP contribution in [0.25, 0.3) is 11.1 Å². The summed E-state index contributed by atoms with van der Waals surface area (Å²) in [7, 11) is 7.46. The summed E-state index contributed by atoms with van der Waals surface area (Å²) in [5.74, 6) is 1.55. The van der Waals surface area contributed by atoms with Gasteiger partial charge in [0.1, 0.15) is 17.9 Å². The van der Waals surface area contributed by atoms with Crippen molar-refractivity contribution in [1.29, 1.82) is 0 Å². The molecule has 2 amide bonds. The molecule has 1 heterocycles. The van der Waals surface area contributed by atoms with E-state index in [1.54, 1.807) is 19.1 Å². The number of hydrogen-bond donors (Lipinski definition) is 5. The SMILES string of the molecule is COc1c(CN2O[C@@H](CO)[C@]3(CC3(C)O)[C@H]2C(=O)N[C@H]2C[C@H]3C[C@@H]([C@@H]2C)C3(C)C)cccc1-c1cc(C(=O)N[C@@H](Cc2ccccc2)CN(C)C)cc(N(C)CCO)c1. The van der Waals surface area contributed by atoms with Crippen LogP contribution in [0.15, 0.2) is 66.7 Å². The van der Waals surface area contributed by atoms with Crippen LogP contribution in [-0.4, -0.2) is 121 Å². The number of aliphatic hydroxyl groups excluding tert-OH is 2. The van der Waals surface area contributed by atoms with E-state index in [2.05, 4.69) is 48.4 Å². The van der Waals surface area contributed by atoms with Crippen molar-refractivity contribution >= 4 is 17.5 Å². The molecule has 9 atom stereocenters. The minimum absolute atomic E-state index is 0.0204. The largest absolute Gasteiger partial charge is 0.496 e. The van der Waals surface area contributed by atoms with Crippen molar-refractivity contribution in [3.8, 4) is 16.9 Å². The summed E-state index contributed by atoms with van der Waals surface area (Å²) in [4.78, 5) is 39.1. The third kappa shape index (κ3) is 8.12. The maximum absolute atomic E-state index is 14.6. The lowest BCUT2D eigenvalue weighted by Crippen LogP contribution is -2.62. The highest BCUT2D eigenvalue weighted by molar-refractivity contribution is 5.97. The zero-order valence-corrected chi connectivity index (χ0v) is 36.1. The van der Waals surface area contributed by atoms with E-state index in [-0.39, 0.29) is 49.1 Å². The number of para-hydroxylation sites is 1. The molecule has 1 aliphatic heterocycles. The van der Waals surface area contributed by atoms with Crippen LogP contribution >= 0.6 is 0 Å². The molecule has 1 spiro atoms. The molecule has 12 heteroatoms. The van der Waals surface area contributed by atoms with Gasteiger partial charge in [-0.05, 0) is 99.2 Å². The number of carbonyl (C=O) groups is 2. The van der Waals surface area contributed by atoms with E-state index < -0.39 is 23.2 Å². The Morgan fingerprint density at radius 2 is 1.75 bits per heavy atom. The van der Waals surface area contributed by atoms with E-state index >= 15 is 0 Å². The van der Waals surface area contributed by atoms with Gasteiger partial charge in [-0.1, -0.05) is 69.3 Å². The third-order valence-electron chi connectivity index (χ3n) is 14.5. The highest BCUT2D eigenvalue weighted by Gasteiger charge is 2.78. The Hall–Kier alpha value is -4.04. The van der Waals surface area contributed by atoms with Crippen molar-refractivity contribution in [3.63, 3.8) is 0 Å². The van der Waals surface area contributed by atoms with Gasteiger partial charge >= 0.3 is 0 Å². The highest BCUT2D eigenvalue weighted by Crippen LogP contribution is 2.66. The Bertz CT molecular complexity index is 1990. The number of benzene rings is 3. The molecular formula is C47H65N5O7. The van der Waals surface area contributed by atoms with Gasteiger partial charge in [-0.25, -0.2) is 0 Å². The zero-order chi connectivity index (χ0) is 42.4. The van der Waals surface area contributed by atoms with Crippen molar-refractivity contribution in [2.45, 2.75) is 89.8 Å². The minimum atomic E-state index is -1.20. The van der Waals surface area contributed by atoms with Crippen LogP contribution in [0.5, 0.6) is 5.75 Å². The first-order chi connectivity index (χ1) is 28.0. The van der Waals surface area contributed by atoms with Gasteiger partial charge in [0, 0.05) is 54.6 Å². The molecule has 3 aromatic rings. The van der Waals surface area contributed by atoms with E-state index in [9.17, 15) is 24.9 Å². The fourth-order valence-electron chi connectivity index (χ4n) is 10.9. The van der Waals surface area contributed by atoms with Crippen LogP contribution in [-0.2, 0) is 22.6 Å². The van der Waals surface area contributed by atoms with Crippen molar-refractivity contribution in [3.05, 3.63) is 83.4 Å². The maximum atomic E-state index is 14.6. The first kappa shape index (κ1) is 43.1. The lowest BCUT2D eigenvalue weighted by molar-refractivity contribution is -0.183. The van der Waals surface area contributed by atoms with Gasteiger partial charge in [0.05, 0.1) is 37.9 Å². The number of nitrogens with one attached hydrogen (secondary N) is 2. The normalized spacial score (nSPS) is 29.8. The van der Waals surface area contributed by atoms with E-state index in [1.807, 2.05) is 80.6 Å². The molecule has 0 radical (unpaired) electrons. The molecule has 1 saturated heterocycles. The number of carbonyl (C=O) groups excluding carboxylic acids is 2. The van der Waals surface area contributed by atoms with E-state index in [0.717, 1.165) is 34.4 Å². The molecule has 2 bridgehead atoms. The van der Waals surface area contributed by atoms with E-state index in [4.69, 9.17) is 9.57 Å². The molecule has 0 aromatic heterocycles. The van der Waals surface area contributed by atoms with Crippen molar-refractivity contribution in [1.82, 2.24) is 20.6 Å². The summed E-state index contributed by atoms with van der Waals surface area (Å²) in [6.45, 7) is 9.40. The molecule has 5 N–H and O–H groups in total. The second-order valence-corrected chi connectivity index (χ2v) is 18.8. The molecule has 8 rings (SSSR count). The number of likely N-dealkylation sites (N-methyl/N-ethyl adjacent to an activating group) is 2. The van der Waals surface area contributed by atoms with Crippen LogP contribution < -0.4 is 20.3 Å². The Morgan fingerprint density at radius 1 is 1.02 bits per heavy atom. The Labute approximate surface area is 349 Å². The second-order valence-electron chi connectivity index (χ2n) is 18.8. The molecule has 4 saturated carbocycles. The molecule has 320 valence electrons. The van der Waals surface area contributed by atoms with Gasteiger partial charge in [-0.3, -0.25) is 14.4 Å². The van der Waals surface area contributed by atoms with Crippen LogP contribution in [0.4, 0.5) is 5.69 Å². The van der Waals surface area contributed by atoms with Crippen LogP contribution in [0.1, 0.15) is 68.4 Å². The van der Waals surface area contributed by atoms with E-state index in [1.165, 1.54) is 6.42 Å². The van der Waals surface area contributed by atoms with Crippen molar-refractivity contribution in [2.24, 2.45) is 28.6 Å². The first-order valence-corrected chi connectivity index (χ1v) is 21.2. The second kappa shape index (κ2) is 16.8. The number of amides is 2. The van der Waals surface area contributed by atoms with Gasteiger partial charge in [-0.2, -0.15) is 5.06 Å². The lowest BCUT2D eigenvalue weighted by atomic mass is 9.45. The molecular weight excluding hydrogens is 747 g/mol. The Morgan fingerprint density at radius 3 is 2.36 bits per heavy atom. The predicted octanol–water partition coefficient (Wildman–Crippen LogP) is 4.50. The number of rotatable bonds is 16. The third-order valence-corrected chi connectivity index (χ3v) is 14.5. The average molecular weight is 812 g/mol. The summed E-state index contributed by atoms with van der Waals surface area (Å²) >= 11 is 0. The molecule has 5 aliphatic rings. The summed E-state index contributed by atoms with van der Waals surface area (Å²) in [5, 5.41) is 40.3. The highest BCUT2D eigenvalue weighted by atomic mass is 16.7. The molecule has 3 aromatic carbocycles. The topological polar surface area (TPSA) is 147 Å². The summed E-state index contributed by atoms with van der Waals surface area (Å²) in [6, 6.07) is 20.6. The molecule has 4 aliphatic carbocycles. The van der Waals surface area contributed by atoms with Gasteiger partial charge < -0.3 is 40.5 Å². The van der Waals surface area contributed by atoms with Gasteiger partial charge in [0.15, 0.2) is 0 Å². The molecule has 1 unspecified atom stereocenters. The maximum Gasteiger partial charge on any atom is 0.251 e. The number of anilines is 1. The van der Waals surface area contributed by atoms with Crippen LogP contribution in [0, 0.1) is 28.6 Å². The first-order valence-electron chi connectivity index (χ1n) is 21.2. The van der Waals surface area contributed by atoms with Gasteiger partial charge in [0.2, 0.25) is 5.91 Å². The van der Waals surface area contributed by atoms with Gasteiger partial charge in [-0.15, -0.1) is 0 Å². The number of methoxy groups -OCH3 is 1. The molecule has 12 nitrogen and oxygen atoms in total. The average Bonchev–Trinajstić information content (AvgIpc) is 3.62. The molecule has 59 heavy (non-hydrogen) atoms. The Kier molecular flexibility index (Phi) is 12.2. The smallest absolute Gasteiger partial charge is 0.251 e. The molecule has 5 fully saturated rings. The zero-order valence-electron chi connectivity index (χ0n) is 36.1. The predicted molar refractivity (Wildman–Crippen MR) is 229 cm³/mol. The van der Waals surface area contributed by atoms with E-state index in [0.29, 0.717) is 55.0 Å². The monoisotopic (exact) mass is 811 g/mol. The number of fused-ring (bicyclic) bond motifs is 2. The number of hydrogen-bond acceptors (Lipinski definition) is 10. The number of ether oxygens (including phenoxy) is 1. The number of nitrogens with zero attached hydrogens (tertiary/aromatic N) is 3. The van der Waals surface area contributed by atoms with Gasteiger partial charge in [0.25, 0.3) is 5.91 Å². The number of aliphatic hydroxyl groups is 3. The number of hydroxylamine groups is 2. The Balaban J connectivity index is 1.19. The summed E-state index contributed by atoms with van der Waals surface area (Å²) in [6.07, 6.45) is 2.34. The minimum Gasteiger partial charge on any atom is -0.496 e. The van der Waals surface area contributed by atoms with Crippen LogP contribution in [0.2, 0.25) is 0 Å². The quantitative estimate of drug-likeness (QED) is 0.140. The standard InChI is InChI=1S/C47H65N5O7/c1-29-38-23-34(45(38,2)3)24-39(29)49-44(56)42-47(28-46(47,4)57)40(27-54)59-52(42)25-31-15-12-16-37(41(31)58-8)32-20-33(22-36(21-32)51(7)17-18-53)43(55)48-35(26-50(5)6)19-30-13-10-9-11-14-30/h9-16,20-22,29,34-35,38-40,42,53-54,57H,17-19,23-28H2,1-8H3,(H,48,55)(H,49,56)/t29-,34+,35-,38-,39-,40-,42+,46?,47+/m0/s1. The summed E-state index contributed by atoms with van der Waals surface area (Å²) < 4.78 is 6.15.